The Hall–Kier alpha value is -3.01. The first-order valence-corrected chi connectivity index (χ1v) is 11.0. The van der Waals surface area contributed by atoms with Crippen molar-refractivity contribution in [2.75, 3.05) is 35.6 Å². The van der Waals surface area contributed by atoms with Crippen LogP contribution in [0.2, 0.25) is 0 Å². The number of hydrogen-bond donors (Lipinski definition) is 1. The Bertz CT molecular complexity index is 1070. The molecule has 10 heteroatoms. The van der Waals surface area contributed by atoms with Crippen LogP contribution in [-0.2, 0) is 15.8 Å². The quantitative estimate of drug-likeness (QED) is 0.744. The Morgan fingerprint density at radius 1 is 1.06 bits per heavy atom. The van der Waals surface area contributed by atoms with E-state index in [0.29, 0.717) is 24.3 Å². The lowest BCUT2D eigenvalue weighted by molar-refractivity contribution is -0.137. The lowest BCUT2D eigenvalue weighted by atomic mass is 10.1. The van der Waals surface area contributed by atoms with E-state index < -0.39 is 17.6 Å². The van der Waals surface area contributed by atoms with Crippen LogP contribution in [0.3, 0.4) is 0 Å². The van der Waals surface area contributed by atoms with Gasteiger partial charge in [0.15, 0.2) is 0 Å². The Kier molecular flexibility index (Phi) is 6.14. The molecule has 168 valence electrons. The molecule has 0 spiro atoms. The summed E-state index contributed by atoms with van der Waals surface area (Å²) >= 11 is 1.32. The van der Waals surface area contributed by atoms with E-state index >= 15 is 0 Å². The highest BCUT2D eigenvalue weighted by atomic mass is 32.2. The van der Waals surface area contributed by atoms with Crippen LogP contribution in [0, 0.1) is 0 Å². The second-order valence-electron chi connectivity index (χ2n) is 7.58. The van der Waals surface area contributed by atoms with Crippen molar-refractivity contribution in [3.63, 3.8) is 0 Å². The molecule has 32 heavy (non-hydrogen) atoms. The second-order valence-corrected chi connectivity index (χ2v) is 8.59. The van der Waals surface area contributed by atoms with Crippen molar-refractivity contribution in [1.29, 1.82) is 0 Å². The molecule has 2 aromatic rings. The highest BCUT2D eigenvalue weighted by Gasteiger charge is 2.31. The standard InChI is InChI=1S/C22H20F3N3O3S/c23-22(24,25)15-4-3-5-16(11-15)26-19(29)12-28-17-10-14(21(31)27-8-1-2-9-27)6-7-18(17)32-13-20(28)30/h3-7,10-11H,1-2,8-9,12-13H2,(H,26,29). The molecule has 2 heterocycles. The third-order valence-electron chi connectivity index (χ3n) is 5.32. The second kappa shape index (κ2) is 8.85. The number of nitrogens with one attached hydrogen (secondary N) is 1. The predicted octanol–water partition coefficient (Wildman–Crippen LogP) is 4.02. The number of amides is 3. The van der Waals surface area contributed by atoms with E-state index in [4.69, 9.17) is 0 Å². The van der Waals surface area contributed by atoms with Crippen molar-refractivity contribution in [3.8, 4) is 0 Å². The maximum atomic E-state index is 12.9. The van der Waals surface area contributed by atoms with Gasteiger partial charge >= 0.3 is 6.18 Å². The number of nitrogens with zero attached hydrogens (tertiary/aromatic N) is 2. The van der Waals surface area contributed by atoms with Crippen LogP contribution in [0.1, 0.15) is 28.8 Å². The fraction of sp³-hybridized carbons (Fsp3) is 0.318. The minimum absolute atomic E-state index is 0.0122. The van der Waals surface area contributed by atoms with Crippen LogP contribution < -0.4 is 10.2 Å². The first kappa shape index (κ1) is 22.2. The SMILES string of the molecule is O=C(CN1C(=O)CSc2ccc(C(=O)N3CCCC3)cc21)Nc1cccc(C(F)(F)F)c1. The summed E-state index contributed by atoms with van der Waals surface area (Å²) < 4.78 is 38.7. The number of hydrogen-bond acceptors (Lipinski definition) is 4. The summed E-state index contributed by atoms with van der Waals surface area (Å²) in [4.78, 5) is 41.6. The van der Waals surface area contributed by atoms with Gasteiger partial charge < -0.3 is 15.1 Å². The van der Waals surface area contributed by atoms with Crippen LogP contribution >= 0.6 is 11.8 Å². The van der Waals surface area contributed by atoms with Gasteiger partial charge in [-0.3, -0.25) is 14.4 Å². The zero-order valence-corrected chi connectivity index (χ0v) is 17.8. The number of anilines is 2. The van der Waals surface area contributed by atoms with Crippen LogP contribution in [0.5, 0.6) is 0 Å². The zero-order valence-electron chi connectivity index (χ0n) is 16.9. The molecule has 0 saturated carbocycles. The number of carbonyl (C=O) groups excluding carboxylic acids is 3. The summed E-state index contributed by atoms with van der Waals surface area (Å²) in [5.41, 5.74) is -0.00210. The monoisotopic (exact) mass is 463 g/mol. The summed E-state index contributed by atoms with van der Waals surface area (Å²) in [5.74, 6) is -0.940. The number of likely N-dealkylation sites (tertiary alicyclic amines) is 1. The zero-order chi connectivity index (χ0) is 22.9. The molecule has 6 nitrogen and oxygen atoms in total. The summed E-state index contributed by atoms with van der Waals surface area (Å²) in [6.07, 6.45) is -2.63. The van der Waals surface area contributed by atoms with Crippen molar-refractivity contribution in [1.82, 2.24) is 4.90 Å². The summed E-state index contributed by atoms with van der Waals surface area (Å²) in [6, 6.07) is 9.38. The molecule has 3 amide bonds. The van der Waals surface area contributed by atoms with Gasteiger partial charge in [-0.15, -0.1) is 11.8 Å². The summed E-state index contributed by atoms with van der Waals surface area (Å²) in [7, 11) is 0. The lowest BCUT2D eigenvalue weighted by Gasteiger charge is -2.29. The number of carbonyl (C=O) groups is 3. The number of thioether (sulfide) groups is 1. The van der Waals surface area contributed by atoms with Gasteiger partial charge in [0.1, 0.15) is 6.54 Å². The van der Waals surface area contributed by atoms with Gasteiger partial charge in [-0.2, -0.15) is 13.2 Å². The van der Waals surface area contributed by atoms with Gasteiger partial charge in [0.2, 0.25) is 11.8 Å². The van der Waals surface area contributed by atoms with Crippen molar-refractivity contribution in [2.24, 2.45) is 0 Å². The van der Waals surface area contributed by atoms with Gasteiger partial charge in [-0.1, -0.05) is 6.07 Å². The molecule has 0 aliphatic carbocycles. The molecule has 1 N–H and O–H groups in total. The van der Waals surface area contributed by atoms with Gasteiger partial charge in [-0.05, 0) is 49.2 Å². The molecular formula is C22H20F3N3O3S. The van der Waals surface area contributed by atoms with Gasteiger partial charge in [0.25, 0.3) is 5.91 Å². The van der Waals surface area contributed by atoms with Crippen LogP contribution in [0.4, 0.5) is 24.5 Å². The number of rotatable bonds is 4. The van der Waals surface area contributed by atoms with Crippen molar-refractivity contribution in [3.05, 3.63) is 53.6 Å². The van der Waals surface area contributed by atoms with Crippen molar-refractivity contribution < 1.29 is 27.6 Å². The van der Waals surface area contributed by atoms with E-state index in [9.17, 15) is 27.6 Å². The largest absolute Gasteiger partial charge is 0.416 e. The van der Waals surface area contributed by atoms with E-state index in [0.717, 1.165) is 29.9 Å². The lowest BCUT2D eigenvalue weighted by Crippen LogP contribution is -2.41. The Balaban J connectivity index is 1.53. The maximum absolute atomic E-state index is 12.9. The van der Waals surface area contributed by atoms with E-state index in [1.165, 1.54) is 28.8 Å². The molecule has 1 saturated heterocycles. The number of halogens is 3. The first-order valence-electron chi connectivity index (χ1n) is 10.1. The fourth-order valence-corrected chi connectivity index (χ4v) is 4.64. The third-order valence-corrected chi connectivity index (χ3v) is 6.37. The summed E-state index contributed by atoms with van der Waals surface area (Å²) in [5, 5.41) is 2.42. The molecule has 0 atom stereocenters. The minimum Gasteiger partial charge on any atom is -0.339 e. The van der Waals surface area contributed by atoms with Crippen molar-refractivity contribution in [2.45, 2.75) is 23.9 Å². The molecule has 1 fully saturated rings. The molecule has 2 aromatic carbocycles. The van der Waals surface area contributed by atoms with Crippen LogP contribution in [-0.4, -0.2) is 48.0 Å². The molecule has 2 aliphatic heterocycles. The highest BCUT2D eigenvalue weighted by molar-refractivity contribution is 8.00. The van der Waals surface area contributed by atoms with Crippen LogP contribution in [0.25, 0.3) is 0 Å². The molecule has 0 radical (unpaired) electrons. The Morgan fingerprint density at radius 2 is 1.81 bits per heavy atom. The normalized spacial score (nSPS) is 16.2. The first-order chi connectivity index (χ1) is 15.2. The van der Waals surface area contributed by atoms with Crippen LogP contribution in [0.15, 0.2) is 47.4 Å². The highest BCUT2D eigenvalue weighted by Crippen LogP contribution is 2.36. The summed E-state index contributed by atoms with van der Waals surface area (Å²) in [6.45, 7) is 1.00. The molecule has 2 aliphatic rings. The number of alkyl halides is 3. The van der Waals surface area contributed by atoms with E-state index in [1.54, 1.807) is 23.1 Å². The minimum atomic E-state index is -4.53. The molecule has 0 bridgehead atoms. The third kappa shape index (κ3) is 4.74. The molecular weight excluding hydrogens is 443 g/mol. The van der Waals surface area contributed by atoms with Gasteiger partial charge in [0, 0.05) is 29.2 Å². The van der Waals surface area contributed by atoms with E-state index in [2.05, 4.69) is 5.32 Å². The smallest absolute Gasteiger partial charge is 0.339 e. The molecule has 0 unspecified atom stereocenters. The van der Waals surface area contributed by atoms with E-state index in [1.807, 2.05) is 0 Å². The number of fused-ring (bicyclic) bond motifs is 1. The fourth-order valence-electron chi connectivity index (χ4n) is 3.73. The topological polar surface area (TPSA) is 69.7 Å². The van der Waals surface area contributed by atoms with Gasteiger partial charge in [0.05, 0.1) is 17.0 Å². The van der Waals surface area contributed by atoms with Gasteiger partial charge in [-0.25, -0.2) is 0 Å². The van der Waals surface area contributed by atoms with E-state index in [-0.39, 0.29) is 29.8 Å². The average molecular weight is 463 g/mol. The predicted molar refractivity (Wildman–Crippen MR) is 115 cm³/mol. The number of benzene rings is 2. The maximum Gasteiger partial charge on any atom is 0.416 e. The molecule has 0 aromatic heterocycles. The van der Waals surface area contributed by atoms with Crippen molar-refractivity contribution >= 4 is 40.9 Å². The molecule has 4 rings (SSSR count). The Morgan fingerprint density at radius 3 is 2.53 bits per heavy atom. The average Bonchev–Trinajstić information content (AvgIpc) is 3.29. The Labute approximate surface area is 186 Å².